The van der Waals surface area contributed by atoms with Crippen LogP contribution in [0.4, 0.5) is 0 Å². The first-order chi connectivity index (χ1) is 5.12. The average molecular weight is 251 g/mol. The van der Waals surface area contributed by atoms with Gasteiger partial charge in [0.1, 0.15) is 0 Å². The summed E-state index contributed by atoms with van der Waals surface area (Å²) in [6.45, 7) is -3.75. The fourth-order valence-electron chi connectivity index (χ4n) is 0.494. The molecule has 5 nitrogen and oxygen atoms in total. The van der Waals surface area contributed by atoms with Crippen LogP contribution >= 0.6 is 13.4 Å². The Bertz CT molecular complexity index is 238. The van der Waals surface area contributed by atoms with E-state index in [1.54, 1.807) is 13.8 Å². The van der Waals surface area contributed by atoms with Gasteiger partial charge in [-0.3, -0.25) is 0 Å². The smallest absolute Gasteiger partial charge is 0.328 e. The molecule has 0 aromatic carbocycles. The van der Waals surface area contributed by atoms with Crippen molar-refractivity contribution < 1.29 is 19.0 Å². The van der Waals surface area contributed by atoms with E-state index in [-0.39, 0.29) is 6.04 Å². The van der Waals surface area contributed by atoms with Crippen molar-refractivity contribution in [2.45, 2.75) is 19.9 Å². The lowest BCUT2D eigenvalue weighted by molar-refractivity contribution is 0.356. The molecule has 0 spiro atoms. The second kappa shape index (κ2) is 4.55. The number of hydrogen-bond acceptors (Lipinski definition) is 3. The maximum absolute atomic E-state index is 9.25. The van der Waals surface area contributed by atoms with Crippen LogP contribution < -0.4 is 5.09 Å². The summed E-state index contributed by atoms with van der Waals surface area (Å²) in [7, 11) is 0. The summed E-state index contributed by atoms with van der Waals surface area (Å²) in [5, 5.41) is 2.48. The van der Waals surface area contributed by atoms with E-state index in [1.165, 1.54) is 0 Å². The fraction of sp³-hybridized carbons (Fsp3) is 1.00. The molecule has 0 aromatic heterocycles. The highest BCUT2D eigenvalue weighted by Gasteiger charge is 2.23. The van der Waals surface area contributed by atoms with Gasteiger partial charge in [0.25, 0.3) is 6.64 Å². The van der Waals surface area contributed by atoms with E-state index in [1.807, 2.05) is 0 Å². The lowest BCUT2D eigenvalue weighted by Crippen LogP contribution is -2.19. The summed E-state index contributed by atoms with van der Waals surface area (Å²) in [4.78, 5) is 26.6. The second-order valence-electron chi connectivity index (χ2n) is 2.38. The minimum atomic E-state index is -3.88. The van der Waals surface area contributed by atoms with Crippen molar-refractivity contribution in [3.8, 4) is 0 Å². The van der Waals surface area contributed by atoms with E-state index < -0.39 is 13.4 Å². The normalized spacial score (nSPS) is 17.8. The molecule has 9 heteroatoms. The number of nitrogens with one attached hydrogen (secondary N) is 1. The number of rotatable bonds is 4. The van der Waals surface area contributed by atoms with Gasteiger partial charge < -0.3 is 14.7 Å². The first kappa shape index (κ1) is 13.1. The van der Waals surface area contributed by atoms with Gasteiger partial charge in [-0.1, -0.05) is 0 Å². The molecule has 0 heterocycles. The highest BCUT2D eigenvalue weighted by atomic mass is 32.5. The highest BCUT2D eigenvalue weighted by Crippen LogP contribution is 2.54. The van der Waals surface area contributed by atoms with Crippen LogP contribution in [0.5, 0.6) is 0 Å². The Kier molecular flexibility index (Phi) is 4.97. The van der Waals surface area contributed by atoms with E-state index in [9.17, 15) is 4.89 Å². The molecule has 74 valence electrons. The summed E-state index contributed by atoms with van der Waals surface area (Å²) in [5.74, 6) is 0. The maximum Gasteiger partial charge on any atom is 0.328 e. The molecule has 0 amide bonds. The molecule has 0 aliphatic rings. The van der Waals surface area contributed by atoms with E-state index >= 15 is 0 Å². The Balaban J connectivity index is 4.25. The van der Waals surface area contributed by atoms with E-state index in [4.69, 9.17) is 9.79 Å². The minimum absolute atomic E-state index is 0.109. The van der Waals surface area contributed by atoms with Crippen molar-refractivity contribution in [3.63, 3.8) is 0 Å². The van der Waals surface area contributed by atoms with Crippen LogP contribution in [0.2, 0.25) is 0 Å². The van der Waals surface area contributed by atoms with Crippen molar-refractivity contribution in [2.24, 2.45) is 0 Å². The van der Waals surface area contributed by atoms with Crippen LogP contribution in [0, 0.1) is 0 Å². The molecule has 12 heavy (non-hydrogen) atoms. The third-order valence-electron chi connectivity index (χ3n) is 0.638. The summed E-state index contributed by atoms with van der Waals surface area (Å²) < 4.78 is 4.34. The van der Waals surface area contributed by atoms with E-state index in [2.05, 4.69) is 33.0 Å². The Morgan fingerprint density at radius 2 is 1.67 bits per heavy atom. The van der Waals surface area contributed by atoms with Gasteiger partial charge in [0.2, 0.25) is 0 Å². The molecule has 0 saturated heterocycles. The largest absolute Gasteiger partial charge is 0.333 e. The monoisotopic (exact) mass is 251 g/mol. The van der Waals surface area contributed by atoms with Gasteiger partial charge in [-0.2, -0.15) is 0 Å². The Hall–Kier alpha value is 1.10. The van der Waals surface area contributed by atoms with Crippen LogP contribution in [0.25, 0.3) is 0 Å². The first-order valence-corrected chi connectivity index (χ1v) is 8.30. The predicted octanol–water partition coefficient (Wildman–Crippen LogP) is 0.427. The van der Waals surface area contributed by atoms with Gasteiger partial charge in [-0.15, -0.1) is 0 Å². The van der Waals surface area contributed by atoms with Gasteiger partial charge in [0.15, 0.2) is 0 Å². The first-order valence-electron chi connectivity index (χ1n) is 3.00. The van der Waals surface area contributed by atoms with Crippen molar-refractivity contribution in [1.29, 1.82) is 0 Å². The molecule has 0 aliphatic carbocycles. The summed E-state index contributed by atoms with van der Waals surface area (Å²) >= 11 is 8.69. The SMILES string of the molecule is CC(C)NP(O)(=S)OP(O)(O)=S. The molecule has 0 radical (unpaired) electrons. The Morgan fingerprint density at radius 3 is 1.92 bits per heavy atom. The molecule has 4 N–H and O–H groups in total. The zero-order valence-corrected chi connectivity index (χ0v) is 9.96. The minimum Gasteiger partial charge on any atom is -0.333 e. The zero-order chi connectivity index (χ0) is 9.99. The molecule has 0 aromatic rings. The second-order valence-corrected chi connectivity index (χ2v) is 8.22. The number of hydrogen-bond donors (Lipinski definition) is 4. The molecule has 0 saturated carbocycles. The fourth-order valence-corrected chi connectivity index (χ4v) is 5.21. The Morgan fingerprint density at radius 1 is 1.25 bits per heavy atom. The topological polar surface area (TPSA) is 82.0 Å². The lowest BCUT2D eigenvalue weighted by atomic mass is 10.4. The maximum atomic E-state index is 9.25. The van der Waals surface area contributed by atoms with Crippen molar-refractivity contribution in [2.75, 3.05) is 0 Å². The molecule has 0 bridgehead atoms. The summed E-state index contributed by atoms with van der Waals surface area (Å²) in [6.07, 6.45) is 0. The van der Waals surface area contributed by atoms with Crippen molar-refractivity contribution in [1.82, 2.24) is 5.09 Å². The summed E-state index contributed by atoms with van der Waals surface area (Å²) in [6, 6.07) is -0.109. The molecule has 1 unspecified atom stereocenters. The van der Waals surface area contributed by atoms with Gasteiger partial charge in [-0.25, -0.2) is 9.40 Å². The molecular weight excluding hydrogens is 240 g/mol. The van der Waals surface area contributed by atoms with E-state index in [0.29, 0.717) is 0 Å². The molecule has 0 rings (SSSR count). The van der Waals surface area contributed by atoms with Gasteiger partial charge in [-0.05, 0) is 37.5 Å². The Labute approximate surface area is 81.2 Å². The third-order valence-corrected chi connectivity index (χ3v) is 4.73. The third kappa shape index (κ3) is 7.73. The van der Waals surface area contributed by atoms with Crippen molar-refractivity contribution in [3.05, 3.63) is 0 Å². The highest BCUT2D eigenvalue weighted by molar-refractivity contribution is 8.14. The average Bonchev–Trinajstić information content (AvgIpc) is 1.48. The summed E-state index contributed by atoms with van der Waals surface area (Å²) in [5.41, 5.74) is 0. The van der Waals surface area contributed by atoms with Gasteiger partial charge >= 0.3 is 6.72 Å². The quantitative estimate of drug-likeness (QED) is 0.539. The molecule has 1 atom stereocenters. The van der Waals surface area contributed by atoms with Crippen LogP contribution in [-0.2, 0) is 27.9 Å². The molecule has 0 aliphatic heterocycles. The van der Waals surface area contributed by atoms with Crippen LogP contribution in [0.15, 0.2) is 0 Å². The van der Waals surface area contributed by atoms with Crippen LogP contribution in [0.1, 0.15) is 13.8 Å². The van der Waals surface area contributed by atoms with Gasteiger partial charge in [0, 0.05) is 6.04 Å². The lowest BCUT2D eigenvalue weighted by Gasteiger charge is -2.20. The molecule has 0 fully saturated rings. The predicted molar refractivity (Wildman–Crippen MR) is 54.6 cm³/mol. The molecular formula is C3H11NO4P2S2. The van der Waals surface area contributed by atoms with E-state index in [0.717, 1.165) is 0 Å². The standard InChI is InChI=1S/C3H11NO4P2S2/c1-3(2)4-9(5,11)8-10(6,7)12/h3H,1-2H3,(H2,4,5,11)(H2,6,7,12). The van der Waals surface area contributed by atoms with Crippen molar-refractivity contribution >= 4 is 37.0 Å². The van der Waals surface area contributed by atoms with Crippen LogP contribution in [0.3, 0.4) is 0 Å². The van der Waals surface area contributed by atoms with Gasteiger partial charge in [0.05, 0.1) is 0 Å². The zero-order valence-electron chi connectivity index (χ0n) is 6.54. The van der Waals surface area contributed by atoms with Crippen LogP contribution in [-0.4, -0.2) is 20.7 Å².